The van der Waals surface area contributed by atoms with Crippen LogP contribution in [0, 0.1) is 17.8 Å². The van der Waals surface area contributed by atoms with Crippen LogP contribution in [-0.2, 0) is 14.3 Å². The van der Waals surface area contributed by atoms with Gasteiger partial charge in [0.2, 0.25) is 0 Å². The predicted molar refractivity (Wildman–Crippen MR) is 173 cm³/mol. The van der Waals surface area contributed by atoms with Gasteiger partial charge in [-0.05, 0) is 77.4 Å². The summed E-state index contributed by atoms with van der Waals surface area (Å²) in [4.78, 5) is 25.4. The van der Waals surface area contributed by atoms with Crippen LogP contribution in [0.25, 0.3) is 0 Å². The Balaban J connectivity index is 2.06. The van der Waals surface area contributed by atoms with Crippen molar-refractivity contribution in [1.82, 2.24) is 4.90 Å². The molecule has 4 unspecified atom stereocenters. The maximum absolute atomic E-state index is 12.4. The summed E-state index contributed by atoms with van der Waals surface area (Å²) < 4.78 is 5.95. The predicted octanol–water partition coefficient (Wildman–Crippen LogP) is 10.2. The molecule has 0 aromatic carbocycles. The third-order valence-corrected chi connectivity index (χ3v) is 9.22. The molecule has 1 saturated carbocycles. The van der Waals surface area contributed by atoms with E-state index in [1.807, 2.05) is 6.92 Å². The van der Waals surface area contributed by atoms with Gasteiger partial charge in [-0.3, -0.25) is 9.59 Å². The number of carbonyl (C=O) groups excluding carboxylic acids is 1. The fraction of sp³-hybridized carbons (Fsp3) is 0.944. The Labute approximate surface area is 254 Å². The van der Waals surface area contributed by atoms with E-state index >= 15 is 0 Å². The number of hydrogen-bond donors (Lipinski definition) is 1. The van der Waals surface area contributed by atoms with E-state index in [9.17, 15) is 9.59 Å². The molecule has 1 aliphatic rings. The molecule has 5 nitrogen and oxygen atoms in total. The number of esters is 1. The van der Waals surface area contributed by atoms with Gasteiger partial charge in [-0.15, -0.1) is 0 Å². The number of ether oxygens (including phenoxy) is 1. The highest BCUT2D eigenvalue weighted by molar-refractivity contribution is 5.69. The summed E-state index contributed by atoms with van der Waals surface area (Å²) in [5, 5.41) is 8.96. The van der Waals surface area contributed by atoms with Gasteiger partial charge < -0.3 is 14.7 Å². The van der Waals surface area contributed by atoms with Gasteiger partial charge in [-0.2, -0.15) is 0 Å². The number of carboxylic acid groups (broad SMARTS) is 1. The molecule has 0 heterocycles. The molecular formula is C36H69NO4. The zero-order valence-electron chi connectivity index (χ0n) is 27.8. The van der Waals surface area contributed by atoms with Crippen LogP contribution in [0.15, 0.2) is 0 Å². The van der Waals surface area contributed by atoms with E-state index in [0.717, 1.165) is 50.5 Å². The van der Waals surface area contributed by atoms with Gasteiger partial charge in [0, 0.05) is 6.42 Å². The summed E-state index contributed by atoms with van der Waals surface area (Å²) in [7, 11) is 4.10. The summed E-state index contributed by atoms with van der Waals surface area (Å²) in [6, 6.07) is 0. The molecule has 0 saturated heterocycles. The molecule has 5 heteroatoms. The lowest BCUT2D eigenvalue weighted by Gasteiger charge is -2.18. The molecule has 41 heavy (non-hydrogen) atoms. The zero-order valence-corrected chi connectivity index (χ0v) is 27.8. The quantitative estimate of drug-likeness (QED) is 0.0677. The second-order valence-corrected chi connectivity index (χ2v) is 13.6. The van der Waals surface area contributed by atoms with Crippen molar-refractivity contribution >= 4 is 11.9 Å². The first-order valence-electron chi connectivity index (χ1n) is 17.9. The normalized spacial score (nSPS) is 18.0. The Kier molecular flexibility index (Phi) is 23.5. The Morgan fingerprint density at radius 3 is 1.66 bits per heavy atom. The molecule has 1 rings (SSSR count). The van der Waals surface area contributed by atoms with Gasteiger partial charge in [-0.25, -0.2) is 0 Å². The average Bonchev–Trinajstić information content (AvgIpc) is 3.68. The molecule has 0 spiro atoms. The van der Waals surface area contributed by atoms with Crippen LogP contribution >= 0.6 is 0 Å². The van der Waals surface area contributed by atoms with Crippen LogP contribution in [0.1, 0.15) is 174 Å². The van der Waals surface area contributed by atoms with E-state index in [1.165, 1.54) is 122 Å². The van der Waals surface area contributed by atoms with E-state index in [0.29, 0.717) is 6.42 Å². The van der Waals surface area contributed by atoms with Crippen molar-refractivity contribution in [2.75, 3.05) is 20.6 Å². The number of carboxylic acids is 1. The summed E-state index contributed by atoms with van der Waals surface area (Å²) in [5.74, 6) is 1.13. The van der Waals surface area contributed by atoms with Crippen molar-refractivity contribution in [2.24, 2.45) is 17.8 Å². The molecule has 1 N–H and O–H groups in total. The van der Waals surface area contributed by atoms with E-state index in [1.54, 1.807) is 0 Å². The van der Waals surface area contributed by atoms with E-state index in [2.05, 4.69) is 25.9 Å². The van der Waals surface area contributed by atoms with Gasteiger partial charge in [0.25, 0.3) is 0 Å². The summed E-state index contributed by atoms with van der Waals surface area (Å²) in [6.07, 6.45) is 30.6. The fourth-order valence-electron chi connectivity index (χ4n) is 6.21. The average molecular weight is 580 g/mol. The number of carbonyl (C=O) groups is 2. The number of unbranched alkanes of at least 4 members (excludes halogenated alkanes) is 14. The van der Waals surface area contributed by atoms with Crippen LogP contribution in [0.5, 0.6) is 0 Å². The maximum Gasteiger partial charge on any atom is 0.306 e. The highest BCUT2D eigenvalue weighted by Crippen LogP contribution is 2.45. The molecule has 0 aliphatic heterocycles. The second kappa shape index (κ2) is 25.4. The molecule has 4 atom stereocenters. The van der Waals surface area contributed by atoms with Crippen molar-refractivity contribution < 1.29 is 19.4 Å². The van der Waals surface area contributed by atoms with Crippen LogP contribution in [0.3, 0.4) is 0 Å². The lowest BCUT2D eigenvalue weighted by Crippen LogP contribution is -2.20. The summed E-state index contributed by atoms with van der Waals surface area (Å²) >= 11 is 0. The minimum Gasteiger partial charge on any atom is -0.481 e. The molecular weight excluding hydrogens is 510 g/mol. The van der Waals surface area contributed by atoms with E-state index in [4.69, 9.17) is 9.84 Å². The monoisotopic (exact) mass is 580 g/mol. The highest BCUT2D eigenvalue weighted by Gasteiger charge is 2.35. The van der Waals surface area contributed by atoms with Crippen molar-refractivity contribution in [3.8, 4) is 0 Å². The SMILES string of the molecule is CCCCCCCCCC(CCCCCCCCC1CC1CCCCCCC(C)C(=O)O)OC(=O)CCCN(C)C. The third-order valence-electron chi connectivity index (χ3n) is 9.22. The zero-order chi connectivity index (χ0) is 30.1. The Morgan fingerprint density at radius 2 is 1.17 bits per heavy atom. The Hall–Kier alpha value is -1.10. The third kappa shape index (κ3) is 23.1. The van der Waals surface area contributed by atoms with Gasteiger partial charge in [0.05, 0.1) is 5.92 Å². The molecule has 0 bridgehead atoms. The first-order valence-corrected chi connectivity index (χ1v) is 17.9. The van der Waals surface area contributed by atoms with E-state index in [-0.39, 0.29) is 18.0 Å². The van der Waals surface area contributed by atoms with Crippen LogP contribution in [-0.4, -0.2) is 48.7 Å². The molecule has 0 aromatic heterocycles. The molecule has 0 amide bonds. The number of rotatable bonds is 30. The molecule has 0 aromatic rings. The molecule has 0 radical (unpaired) electrons. The maximum atomic E-state index is 12.4. The first-order chi connectivity index (χ1) is 19.8. The molecule has 1 fully saturated rings. The van der Waals surface area contributed by atoms with Crippen molar-refractivity contribution in [3.63, 3.8) is 0 Å². The number of hydrogen-bond acceptors (Lipinski definition) is 4. The molecule has 242 valence electrons. The van der Waals surface area contributed by atoms with Crippen molar-refractivity contribution in [2.45, 2.75) is 180 Å². The first kappa shape index (κ1) is 37.9. The number of nitrogens with zero attached hydrogens (tertiary/aromatic N) is 1. The minimum atomic E-state index is -0.655. The highest BCUT2D eigenvalue weighted by atomic mass is 16.5. The van der Waals surface area contributed by atoms with Gasteiger partial charge >= 0.3 is 11.9 Å². The topological polar surface area (TPSA) is 66.8 Å². The van der Waals surface area contributed by atoms with E-state index < -0.39 is 5.97 Å². The second-order valence-electron chi connectivity index (χ2n) is 13.6. The smallest absolute Gasteiger partial charge is 0.306 e. The van der Waals surface area contributed by atoms with Gasteiger partial charge in [-0.1, -0.05) is 123 Å². The summed E-state index contributed by atoms with van der Waals surface area (Å²) in [6.45, 7) is 5.03. The van der Waals surface area contributed by atoms with Gasteiger partial charge in [0.15, 0.2) is 0 Å². The summed E-state index contributed by atoms with van der Waals surface area (Å²) in [5.41, 5.74) is 0. The van der Waals surface area contributed by atoms with Crippen LogP contribution in [0.4, 0.5) is 0 Å². The van der Waals surface area contributed by atoms with Crippen LogP contribution in [0.2, 0.25) is 0 Å². The van der Waals surface area contributed by atoms with Gasteiger partial charge in [0.1, 0.15) is 6.10 Å². The number of aliphatic carboxylic acids is 1. The minimum absolute atomic E-state index is 0.00329. The fourth-order valence-corrected chi connectivity index (χ4v) is 6.21. The Morgan fingerprint density at radius 1 is 0.707 bits per heavy atom. The largest absolute Gasteiger partial charge is 0.481 e. The standard InChI is InChI=1S/C36H69NO4/c1-5-6-7-8-9-13-20-26-34(41-35(38)28-22-29-37(3)4)27-21-14-11-10-12-18-24-32-30-33(32)25-19-16-15-17-23-31(2)36(39)40/h31-34H,5-30H2,1-4H3,(H,39,40). The van der Waals surface area contributed by atoms with Crippen LogP contribution < -0.4 is 0 Å². The lowest BCUT2D eigenvalue weighted by molar-refractivity contribution is -0.150. The van der Waals surface area contributed by atoms with Crippen molar-refractivity contribution in [1.29, 1.82) is 0 Å². The molecule has 1 aliphatic carbocycles. The Bertz CT molecular complexity index is 637. The van der Waals surface area contributed by atoms with Crippen molar-refractivity contribution in [3.05, 3.63) is 0 Å². The lowest BCUT2D eigenvalue weighted by atomic mass is 10.0.